The van der Waals surface area contributed by atoms with Crippen molar-refractivity contribution in [2.24, 2.45) is 0 Å². The highest BCUT2D eigenvalue weighted by Gasteiger charge is 2.17. The summed E-state index contributed by atoms with van der Waals surface area (Å²) >= 11 is 6.37. The average molecular weight is 446 g/mol. The quantitative estimate of drug-likeness (QED) is 0.306. The first-order valence-electron chi connectivity index (χ1n) is 11.1. The van der Waals surface area contributed by atoms with E-state index in [-0.39, 0.29) is 6.03 Å². The molecule has 0 spiro atoms. The maximum Gasteiger partial charge on any atom is 0.322 e. The Labute approximate surface area is 194 Å². The highest BCUT2D eigenvalue weighted by molar-refractivity contribution is 6.31. The van der Waals surface area contributed by atoms with Crippen LogP contribution in [0.1, 0.15) is 31.0 Å². The van der Waals surface area contributed by atoms with Gasteiger partial charge in [0.15, 0.2) is 0 Å². The average Bonchev–Trinajstić information content (AvgIpc) is 3.25. The minimum atomic E-state index is -0.0831. The minimum Gasteiger partial charge on any atom is -0.345 e. The normalized spacial score (nSPS) is 10.9. The highest BCUT2D eigenvalue weighted by atomic mass is 35.5. The Kier molecular flexibility index (Phi) is 7.13. The van der Waals surface area contributed by atoms with Gasteiger partial charge in [-0.2, -0.15) is 0 Å². The van der Waals surface area contributed by atoms with Gasteiger partial charge in [0.05, 0.1) is 12.2 Å². The van der Waals surface area contributed by atoms with Crippen molar-refractivity contribution >= 4 is 34.1 Å². The minimum absolute atomic E-state index is 0.0831. The van der Waals surface area contributed by atoms with Crippen LogP contribution in [0.3, 0.4) is 0 Å². The number of urea groups is 1. The van der Waals surface area contributed by atoms with Crippen molar-refractivity contribution < 1.29 is 4.79 Å². The standard InChI is InChI=1S/C27H28ClN3O/c1-2-3-17-31(27(32)29-26-16-8-12-21-10-4-6-14-24(21)26)20-23-13-9-18-30(23)19-22-11-5-7-15-25(22)28/h4-16,18H,2-3,17,19-20H2,1H3,(H,29,32). The SMILES string of the molecule is CCCCN(Cc1cccn1Cc1ccccc1Cl)C(=O)Nc1cccc2ccccc12. The van der Waals surface area contributed by atoms with Gasteiger partial charge < -0.3 is 14.8 Å². The Morgan fingerprint density at radius 2 is 1.75 bits per heavy atom. The van der Waals surface area contributed by atoms with Gasteiger partial charge in [-0.1, -0.05) is 79.5 Å². The van der Waals surface area contributed by atoms with Gasteiger partial charge in [-0.15, -0.1) is 0 Å². The number of rotatable bonds is 8. The van der Waals surface area contributed by atoms with Crippen molar-refractivity contribution in [1.82, 2.24) is 9.47 Å². The highest BCUT2D eigenvalue weighted by Crippen LogP contribution is 2.24. The molecule has 164 valence electrons. The number of unbranched alkanes of at least 4 members (excludes halogenated alkanes) is 1. The predicted octanol–water partition coefficient (Wildman–Crippen LogP) is 7.18. The molecule has 3 aromatic carbocycles. The first-order valence-corrected chi connectivity index (χ1v) is 11.4. The second-order valence-electron chi connectivity index (χ2n) is 7.95. The van der Waals surface area contributed by atoms with E-state index in [1.54, 1.807) is 0 Å². The molecule has 0 bridgehead atoms. The van der Waals surface area contributed by atoms with Gasteiger partial charge in [0, 0.05) is 35.4 Å². The van der Waals surface area contributed by atoms with Crippen LogP contribution in [0.15, 0.2) is 85.1 Å². The van der Waals surface area contributed by atoms with E-state index in [4.69, 9.17) is 11.6 Å². The third-order valence-corrected chi connectivity index (χ3v) is 6.04. The molecule has 5 heteroatoms. The van der Waals surface area contributed by atoms with E-state index in [0.717, 1.165) is 45.6 Å². The Hall–Kier alpha value is -3.24. The number of aromatic nitrogens is 1. The van der Waals surface area contributed by atoms with Gasteiger partial charge in [-0.05, 0) is 41.6 Å². The van der Waals surface area contributed by atoms with E-state index in [1.165, 1.54) is 0 Å². The summed E-state index contributed by atoms with van der Waals surface area (Å²) in [6, 6.07) is 26.0. The number of benzene rings is 3. The maximum absolute atomic E-state index is 13.3. The molecule has 0 radical (unpaired) electrons. The number of hydrogen-bond donors (Lipinski definition) is 1. The summed E-state index contributed by atoms with van der Waals surface area (Å²) in [6.45, 7) is 4.05. The van der Waals surface area contributed by atoms with Gasteiger partial charge in [-0.25, -0.2) is 4.79 Å². The van der Waals surface area contributed by atoms with Crippen molar-refractivity contribution in [1.29, 1.82) is 0 Å². The fourth-order valence-electron chi connectivity index (χ4n) is 3.88. The molecule has 4 aromatic rings. The first kappa shape index (κ1) is 22.0. The summed E-state index contributed by atoms with van der Waals surface area (Å²) in [5.74, 6) is 0. The van der Waals surface area contributed by atoms with Crippen LogP contribution in [0.4, 0.5) is 10.5 Å². The Bertz CT molecular complexity index is 1190. The number of nitrogens with zero attached hydrogens (tertiary/aromatic N) is 2. The van der Waals surface area contributed by atoms with Crippen LogP contribution >= 0.6 is 11.6 Å². The van der Waals surface area contributed by atoms with E-state index in [1.807, 2.05) is 71.8 Å². The van der Waals surface area contributed by atoms with Crippen molar-refractivity contribution in [3.8, 4) is 0 Å². The zero-order valence-electron chi connectivity index (χ0n) is 18.3. The van der Waals surface area contributed by atoms with E-state index in [0.29, 0.717) is 19.6 Å². The number of fused-ring (bicyclic) bond motifs is 1. The number of carbonyl (C=O) groups is 1. The van der Waals surface area contributed by atoms with Crippen molar-refractivity contribution in [2.45, 2.75) is 32.9 Å². The molecular formula is C27H28ClN3O. The molecule has 4 nitrogen and oxygen atoms in total. The van der Waals surface area contributed by atoms with Crippen LogP contribution < -0.4 is 5.32 Å². The second kappa shape index (κ2) is 10.4. The second-order valence-corrected chi connectivity index (χ2v) is 8.36. The van der Waals surface area contributed by atoms with Gasteiger partial charge in [0.1, 0.15) is 0 Å². The smallest absolute Gasteiger partial charge is 0.322 e. The molecule has 1 aromatic heterocycles. The number of nitrogens with one attached hydrogen (secondary N) is 1. The third kappa shape index (κ3) is 5.14. The van der Waals surface area contributed by atoms with E-state index in [9.17, 15) is 4.79 Å². The molecule has 4 rings (SSSR count). The molecular weight excluding hydrogens is 418 g/mol. The lowest BCUT2D eigenvalue weighted by Crippen LogP contribution is -2.36. The topological polar surface area (TPSA) is 37.3 Å². The number of carbonyl (C=O) groups excluding carboxylic acids is 1. The Balaban J connectivity index is 1.54. The van der Waals surface area contributed by atoms with Crippen LogP contribution in [-0.4, -0.2) is 22.0 Å². The van der Waals surface area contributed by atoms with Crippen molar-refractivity contribution in [2.75, 3.05) is 11.9 Å². The lowest BCUT2D eigenvalue weighted by Gasteiger charge is -2.24. The van der Waals surface area contributed by atoms with Crippen LogP contribution in [-0.2, 0) is 13.1 Å². The molecule has 0 aliphatic heterocycles. The largest absolute Gasteiger partial charge is 0.345 e. The summed E-state index contributed by atoms with van der Waals surface area (Å²) < 4.78 is 2.16. The molecule has 2 amide bonds. The lowest BCUT2D eigenvalue weighted by atomic mass is 10.1. The number of amides is 2. The fraction of sp³-hybridized carbons (Fsp3) is 0.222. The summed E-state index contributed by atoms with van der Waals surface area (Å²) in [7, 11) is 0. The molecule has 0 fully saturated rings. The number of anilines is 1. The molecule has 0 saturated heterocycles. The molecule has 0 aliphatic carbocycles. The summed E-state index contributed by atoms with van der Waals surface area (Å²) in [5, 5.41) is 6.05. The van der Waals surface area contributed by atoms with E-state index < -0.39 is 0 Å². The predicted molar refractivity (Wildman–Crippen MR) is 133 cm³/mol. The zero-order chi connectivity index (χ0) is 22.3. The van der Waals surface area contributed by atoms with E-state index in [2.05, 4.69) is 35.0 Å². The van der Waals surface area contributed by atoms with Crippen molar-refractivity contribution in [3.63, 3.8) is 0 Å². The van der Waals surface area contributed by atoms with Crippen LogP contribution in [0, 0.1) is 0 Å². The van der Waals surface area contributed by atoms with Crippen molar-refractivity contribution in [3.05, 3.63) is 101 Å². The Morgan fingerprint density at radius 1 is 0.969 bits per heavy atom. The summed E-state index contributed by atoms with van der Waals surface area (Å²) in [6.07, 6.45) is 4.02. The molecule has 1 N–H and O–H groups in total. The molecule has 1 heterocycles. The van der Waals surface area contributed by atoms with Gasteiger partial charge in [0.2, 0.25) is 0 Å². The maximum atomic E-state index is 13.3. The van der Waals surface area contributed by atoms with Gasteiger partial charge in [0.25, 0.3) is 0 Å². The van der Waals surface area contributed by atoms with Crippen LogP contribution in [0.5, 0.6) is 0 Å². The monoisotopic (exact) mass is 445 g/mol. The molecule has 0 aliphatic rings. The van der Waals surface area contributed by atoms with Gasteiger partial charge >= 0.3 is 6.03 Å². The summed E-state index contributed by atoms with van der Waals surface area (Å²) in [4.78, 5) is 15.2. The lowest BCUT2D eigenvalue weighted by molar-refractivity contribution is 0.207. The molecule has 0 saturated carbocycles. The fourth-order valence-corrected chi connectivity index (χ4v) is 4.08. The molecule has 0 unspecified atom stereocenters. The third-order valence-electron chi connectivity index (χ3n) is 5.67. The number of hydrogen-bond acceptors (Lipinski definition) is 1. The zero-order valence-corrected chi connectivity index (χ0v) is 19.1. The summed E-state index contributed by atoms with van der Waals surface area (Å²) in [5.41, 5.74) is 2.97. The Morgan fingerprint density at radius 3 is 2.59 bits per heavy atom. The molecule has 0 atom stereocenters. The molecule has 32 heavy (non-hydrogen) atoms. The van der Waals surface area contributed by atoms with E-state index >= 15 is 0 Å². The van der Waals surface area contributed by atoms with Crippen LogP contribution in [0.2, 0.25) is 5.02 Å². The number of halogens is 1. The van der Waals surface area contributed by atoms with Crippen LogP contribution in [0.25, 0.3) is 10.8 Å². The first-order chi connectivity index (χ1) is 15.7. The van der Waals surface area contributed by atoms with Gasteiger partial charge in [-0.3, -0.25) is 0 Å².